The van der Waals surface area contributed by atoms with Gasteiger partial charge < -0.3 is 15.8 Å². The van der Waals surface area contributed by atoms with Crippen molar-refractivity contribution in [1.29, 1.82) is 0 Å². The number of rotatable bonds is 5. The minimum Gasteiger partial charge on any atom is -0.475 e. The summed E-state index contributed by atoms with van der Waals surface area (Å²) in [5, 5.41) is 3.31. The first kappa shape index (κ1) is 20.2. The third-order valence-corrected chi connectivity index (χ3v) is 3.50. The van der Waals surface area contributed by atoms with Gasteiger partial charge in [0.15, 0.2) is 0 Å². The van der Waals surface area contributed by atoms with E-state index >= 15 is 0 Å². The molecule has 3 N–H and O–H groups in total. The SMILES string of the molecule is Cl.Cl.NC1CCC(C(=O)NCCOc2ncccc2Cl)C1. The summed E-state index contributed by atoms with van der Waals surface area (Å²) in [6.07, 6.45) is 4.19. The molecule has 0 saturated heterocycles. The Morgan fingerprint density at radius 1 is 1.48 bits per heavy atom. The Morgan fingerprint density at radius 2 is 2.24 bits per heavy atom. The number of hydrogen-bond donors (Lipinski definition) is 2. The highest BCUT2D eigenvalue weighted by molar-refractivity contribution is 6.31. The molecular weight excluding hydrogens is 337 g/mol. The first-order chi connectivity index (χ1) is 9.16. The van der Waals surface area contributed by atoms with Crippen molar-refractivity contribution in [3.05, 3.63) is 23.4 Å². The van der Waals surface area contributed by atoms with E-state index in [0.29, 0.717) is 24.1 Å². The molecule has 0 radical (unpaired) electrons. The number of nitrogens with two attached hydrogens (primary N) is 1. The van der Waals surface area contributed by atoms with Crippen molar-refractivity contribution in [3.8, 4) is 5.88 Å². The van der Waals surface area contributed by atoms with Crippen molar-refractivity contribution < 1.29 is 9.53 Å². The Labute approximate surface area is 141 Å². The van der Waals surface area contributed by atoms with Gasteiger partial charge in [0, 0.05) is 18.2 Å². The summed E-state index contributed by atoms with van der Waals surface area (Å²) in [6.45, 7) is 0.790. The topological polar surface area (TPSA) is 77.2 Å². The summed E-state index contributed by atoms with van der Waals surface area (Å²) in [5.41, 5.74) is 5.78. The second-order valence-electron chi connectivity index (χ2n) is 4.70. The van der Waals surface area contributed by atoms with E-state index in [1.165, 1.54) is 0 Å². The molecule has 1 aromatic heterocycles. The van der Waals surface area contributed by atoms with E-state index in [2.05, 4.69) is 10.3 Å². The van der Waals surface area contributed by atoms with Gasteiger partial charge in [0.25, 0.3) is 0 Å². The number of halogens is 3. The van der Waals surface area contributed by atoms with Gasteiger partial charge >= 0.3 is 0 Å². The van der Waals surface area contributed by atoms with Crippen molar-refractivity contribution in [1.82, 2.24) is 10.3 Å². The van der Waals surface area contributed by atoms with Crippen LogP contribution in [0, 0.1) is 5.92 Å². The monoisotopic (exact) mass is 355 g/mol. The number of carbonyl (C=O) groups excluding carboxylic acids is 1. The third kappa shape index (κ3) is 6.26. The molecule has 0 aliphatic heterocycles. The van der Waals surface area contributed by atoms with Crippen molar-refractivity contribution in [3.63, 3.8) is 0 Å². The molecule has 1 aliphatic carbocycles. The van der Waals surface area contributed by atoms with Crippen LogP contribution in [0.2, 0.25) is 5.02 Å². The Morgan fingerprint density at radius 3 is 2.86 bits per heavy atom. The second kappa shape index (κ2) is 10.1. The van der Waals surface area contributed by atoms with E-state index in [4.69, 9.17) is 22.1 Å². The number of amides is 1. The fourth-order valence-corrected chi connectivity index (χ4v) is 2.37. The van der Waals surface area contributed by atoms with Crippen LogP contribution in [-0.2, 0) is 4.79 Å². The Kier molecular flexibility index (Phi) is 9.70. The maximum Gasteiger partial charge on any atom is 0.232 e. The molecule has 0 aromatic carbocycles. The van der Waals surface area contributed by atoms with E-state index in [0.717, 1.165) is 19.3 Å². The smallest absolute Gasteiger partial charge is 0.232 e. The second-order valence-corrected chi connectivity index (χ2v) is 5.11. The van der Waals surface area contributed by atoms with Gasteiger partial charge in [0.1, 0.15) is 11.6 Å². The summed E-state index contributed by atoms with van der Waals surface area (Å²) < 4.78 is 5.39. The molecular formula is C13H20Cl3N3O2. The highest BCUT2D eigenvalue weighted by Crippen LogP contribution is 2.24. The zero-order chi connectivity index (χ0) is 13.7. The first-order valence-electron chi connectivity index (χ1n) is 6.43. The highest BCUT2D eigenvalue weighted by atomic mass is 35.5. The molecule has 1 aromatic rings. The molecule has 2 unspecified atom stereocenters. The number of nitrogens with zero attached hydrogens (tertiary/aromatic N) is 1. The minimum absolute atomic E-state index is 0. The van der Waals surface area contributed by atoms with Crippen molar-refractivity contribution in [2.75, 3.05) is 13.2 Å². The lowest BCUT2D eigenvalue weighted by molar-refractivity contribution is -0.124. The largest absolute Gasteiger partial charge is 0.475 e. The summed E-state index contributed by atoms with van der Waals surface area (Å²) in [5.74, 6) is 0.499. The van der Waals surface area contributed by atoms with Gasteiger partial charge in [-0.3, -0.25) is 4.79 Å². The van der Waals surface area contributed by atoms with Crippen molar-refractivity contribution in [2.24, 2.45) is 11.7 Å². The minimum atomic E-state index is 0. The van der Waals surface area contributed by atoms with E-state index in [1.54, 1.807) is 18.3 Å². The molecule has 1 saturated carbocycles. The van der Waals surface area contributed by atoms with Crippen LogP contribution in [0.3, 0.4) is 0 Å². The number of hydrogen-bond acceptors (Lipinski definition) is 4. The summed E-state index contributed by atoms with van der Waals surface area (Å²) >= 11 is 5.90. The van der Waals surface area contributed by atoms with Crippen LogP contribution in [0.15, 0.2) is 18.3 Å². The van der Waals surface area contributed by atoms with Crippen LogP contribution in [0.5, 0.6) is 5.88 Å². The molecule has 8 heteroatoms. The number of nitrogens with one attached hydrogen (secondary N) is 1. The molecule has 2 atom stereocenters. The molecule has 120 valence electrons. The normalized spacial score (nSPS) is 20.1. The van der Waals surface area contributed by atoms with Crippen molar-refractivity contribution >= 4 is 42.3 Å². The maximum absolute atomic E-state index is 11.8. The molecule has 2 rings (SSSR count). The summed E-state index contributed by atoms with van der Waals surface area (Å²) in [4.78, 5) is 15.8. The molecule has 21 heavy (non-hydrogen) atoms. The molecule has 5 nitrogen and oxygen atoms in total. The lowest BCUT2D eigenvalue weighted by atomic mass is 10.1. The number of carbonyl (C=O) groups is 1. The molecule has 1 amide bonds. The zero-order valence-electron chi connectivity index (χ0n) is 11.5. The number of aromatic nitrogens is 1. The fourth-order valence-electron chi connectivity index (χ4n) is 2.20. The zero-order valence-corrected chi connectivity index (χ0v) is 13.8. The van der Waals surface area contributed by atoms with Crippen LogP contribution in [-0.4, -0.2) is 30.1 Å². The predicted octanol–water partition coefficient (Wildman–Crippen LogP) is 2.20. The fraction of sp³-hybridized carbons (Fsp3) is 0.538. The van der Waals surface area contributed by atoms with Gasteiger partial charge in [-0.2, -0.15) is 0 Å². The van der Waals surface area contributed by atoms with E-state index < -0.39 is 0 Å². The van der Waals surface area contributed by atoms with E-state index in [9.17, 15) is 4.79 Å². The Balaban J connectivity index is 0.00000200. The lowest BCUT2D eigenvalue weighted by Crippen LogP contribution is -2.33. The van der Waals surface area contributed by atoms with Crippen LogP contribution in [0.1, 0.15) is 19.3 Å². The molecule has 1 aliphatic rings. The molecule has 1 heterocycles. The van der Waals surface area contributed by atoms with E-state index in [1.807, 2.05) is 0 Å². The quantitative estimate of drug-likeness (QED) is 0.793. The average molecular weight is 357 g/mol. The third-order valence-electron chi connectivity index (χ3n) is 3.21. The standard InChI is InChI=1S/C13H18ClN3O2.2ClH/c14-11-2-1-5-17-13(11)19-7-6-16-12(18)9-3-4-10(15)8-9;;/h1-2,5,9-10H,3-4,6-8,15H2,(H,16,18);2*1H. The Hall–Kier alpha value is -0.750. The highest BCUT2D eigenvalue weighted by Gasteiger charge is 2.27. The maximum atomic E-state index is 11.8. The average Bonchev–Trinajstić information content (AvgIpc) is 2.83. The van der Waals surface area contributed by atoms with Gasteiger partial charge in [-0.15, -0.1) is 24.8 Å². The number of pyridine rings is 1. The van der Waals surface area contributed by atoms with Gasteiger partial charge in [-0.05, 0) is 31.4 Å². The summed E-state index contributed by atoms with van der Waals surface area (Å²) in [7, 11) is 0. The predicted molar refractivity (Wildman–Crippen MR) is 87.6 cm³/mol. The van der Waals surface area contributed by atoms with Crippen LogP contribution in [0.25, 0.3) is 0 Å². The van der Waals surface area contributed by atoms with Gasteiger partial charge in [-0.25, -0.2) is 4.98 Å². The van der Waals surface area contributed by atoms with Crippen LogP contribution >= 0.6 is 36.4 Å². The molecule has 0 bridgehead atoms. The van der Waals surface area contributed by atoms with Gasteiger partial charge in [0.05, 0.1) is 6.54 Å². The van der Waals surface area contributed by atoms with Gasteiger partial charge in [-0.1, -0.05) is 11.6 Å². The summed E-state index contributed by atoms with van der Waals surface area (Å²) in [6, 6.07) is 3.61. The van der Waals surface area contributed by atoms with Gasteiger partial charge in [0.2, 0.25) is 11.8 Å². The van der Waals surface area contributed by atoms with Crippen molar-refractivity contribution in [2.45, 2.75) is 25.3 Å². The number of ether oxygens (including phenoxy) is 1. The van der Waals surface area contributed by atoms with Crippen LogP contribution < -0.4 is 15.8 Å². The first-order valence-corrected chi connectivity index (χ1v) is 6.81. The van der Waals surface area contributed by atoms with E-state index in [-0.39, 0.29) is 42.7 Å². The van der Waals surface area contributed by atoms with Crippen LogP contribution in [0.4, 0.5) is 0 Å². The molecule has 0 spiro atoms. The Bertz CT molecular complexity index is 448. The lowest BCUT2D eigenvalue weighted by Gasteiger charge is -2.11. The molecule has 1 fully saturated rings.